The molecule has 0 saturated carbocycles. The van der Waals surface area contributed by atoms with Crippen LogP contribution < -0.4 is 5.32 Å². The van der Waals surface area contributed by atoms with Crippen LogP contribution in [0.4, 0.5) is 0 Å². The van der Waals surface area contributed by atoms with Crippen molar-refractivity contribution in [2.75, 3.05) is 6.54 Å². The van der Waals surface area contributed by atoms with Crippen molar-refractivity contribution in [1.29, 1.82) is 0 Å². The summed E-state index contributed by atoms with van der Waals surface area (Å²) in [5.74, 6) is -0.108. The van der Waals surface area contributed by atoms with Gasteiger partial charge in [-0.15, -0.1) is 11.3 Å². The highest BCUT2D eigenvalue weighted by atomic mass is 32.1. The number of carbonyl (C=O) groups is 2. The minimum Gasteiger partial charge on any atom is -0.352 e. The highest BCUT2D eigenvalue weighted by molar-refractivity contribution is 7.12. The molecule has 4 heteroatoms. The van der Waals surface area contributed by atoms with Crippen LogP contribution in [0.1, 0.15) is 31.2 Å². The summed E-state index contributed by atoms with van der Waals surface area (Å²) in [6.45, 7) is 0.671. The minimum atomic E-state index is -0.0860. The van der Waals surface area contributed by atoms with Crippen molar-refractivity contribution >= 4 is 23.0 Å². The van der Waals surface area contributed by atoms with Gasteiger partial charge in [-0.25, -0.2) is 0 Å². The summed E-state index contributed by atoms with van der Waals surface area (Å²) < 4.78 is 0. The van der Waals surface area contributed by atoms with Gasteiger partial charge < -0.3 is 5.32 Å². The largest absolute Gasteiger partial charge is 0.352 e. The van der Waals surface area contributed by atoms with Crippen molar-refractivity contribution in [2.45, 2.75) is 6.42 Å². The molecule has 0 bridgehead atoms. The summed E-state index contributed by atoms with van der Waals surface area (Å²) in [5, 5.41) is 4.66. The molecular weight excluding hydrogens is 246 g/mol. The van der Waals surface area contributed by atoms with Gasteiger partial charge >= 0.3 is 0 Å². The van der Waals surface area contributed by atoms with Crippen LogP contribution in [-0.2, 0) is 6.42 Å². The normalized spacial score (nSPS) is 13.9. The second-order valence-corrected chi connectivity index (χ2v) is 5.13. The van der Waals surface area contributed by atoms with E-state index in [0.29, 0.717) is 22.5 Å². The lowest BCUT2D eigenvalue weighted by molar-refractivity contribution is 0.0946. The maximum atomic E-state index is 12.2. The zero-order chi connectivity index (χ0) is 12.5. The summed E-state index contributed by atoms with van der Waals surface area (Å²) in [5.41, 5.74) is 2.22. The molecule has 0 aliphatic carbocycles. The summed E-state index contributed by atoms with van der Waals surface area (Å²) in [4.78, 5) is 24.6. The molecule has 18 heavy (non-hydrogen) atoms. The van der Waals surface area contributed by atoms with Crippen LogP contribution in [-0.4, -0.2) is 18.2 Å². The van der Waals surface area contributed by atoms with Crippen LogP contribution in [0.5, 0.6) is 0 Å². The lowest BCUT2D eigenvalue weighted by Gasteiger charge is -2.16. The van der Waals surface area contributed by atoms with Gasteiger partial charge in [0, 0.05) is 17.7 Å². The van der Waals surface area contributed by atoms with E-state index in [0.717, 1.165) is 12.0 Å². The molecule has 0 unspecified atom stereocenters. The molecule has 2 heterocycles. The molecule has 90 valence electrons. The molecule has 1 aromatic carbocycles. The van der Waals surface area contributed by atoms with Crippen LogP contribution in [0.3, 0.4) is 0 Å². The molecule has 0 atom stereocenters. The van der Waals surface area contributed by atoms with Crippen molar-refractivity contribution in [2.24, 2.45) is 0 Å². The lowest BCUT2D eigenvalue weighted by Crippen LogP contribution is -2.32. The molecular formula is C14H11NO2S. The third-order valence-corrected chi connectivity index (χ3v) is 3.91. The second kappa shape index (κ2) is 4.38. The number of fused-ring (bicyclic) bond motifs is 1. The van der Waals surface area contributed by atoms with E-state index in [1.807, 2.05) is 17.5 Å². The molecule has 3 rings (SSSR count). The Morgan fingerprint density at radius 2 is 2.17 bits per heavy atom. The quantitative estimate of drug-likeness (QED) is 0.839. The fraction of sp³-hybridized carbons (Fsp3) is 0.143. The van der Waals surface area contributed by atoms with Gasteiger partial charge in [0.2, 0.25) is 5.78 Å². The first kappa shape index (κ1) is 11.2. The number of hydrogen-bond donors (Lipinski definition) is 1. The maximum Gasteiger partial charge on any atom is 0.251 e. The Bertz CT molecular complexity index is 617. The van der Waals surface area contributed by atoms with Crippen LogP contribution in [0, 0.1) is 0 Å². The number of hydrogen-bond acceptors (Lipinski definition) is 3. The van der Waals surface area contributed by atoms with Crippen molar-refractivity contribution in [1.82, 2.24) is 5.32 Å². The summed E-state index contributed by atoms with van der Waals surface area (Å²) >= 11 is 1.41. The van der Waals surface area contributed by atoms with Gasteiger partial charge in [0.25, 0.3) is 5.91 Å². The van der Waals surface area contributed by atoms with Gasteiger partial charge in [-0.1, -0.05) is 18.2 Å². The number of ketones is 1. The zero-order valence-corrected chi connectivity index (χ0v) is 10.4. The summed E-state index contributed by atoms with van der Waals surface area (Å²) in [6, 6.07) is 9.04. The van der Waals surface area contributed by atoms with Crippen molar-refractivity contribution in [3.05, 3.63) is 57.3 Å². The molecule has 1 aliphatic heterocycles. The first-order valence-corrected chi connectivity index (χ1v) is 6.63. The van der Waals surface area contributed by atoms with Gasteiger partial charge in [0.15, 0.2) is 0 Å². The Balaban J connectivity index is 2.02. The molecule has 0 saturated heterocycles. The summed E-state index contributed by atoms with van der Waals surface area (Å²) in [7, 11) is 0. The van der Waals surface area contributed by atoms with Crippen molar-refractivity contribution in [3.8, 4) is 0 Å². The topological polar surface area (TPSA) is 46.2 Å². The van der Waals surface area contributed by atoms with E-state index in [1.165, 1.54) is 11.3 Å². The van der Waals surface area contributed by atoms with Crippen molar-refractivity contribution in [3.63, 3.8) is 0 Å². The third-order valence-electron chi connectivity index (χ3n) is 3.04. The van der Waals surface area contributed by atoms with E-state index < -0.39 is 0 Å². The Morgan fingerprint density at radius 1 is 1.28 bits per heavy atom. The fourth-order valence-corrected chi connectivity index (χ4v) is 2.79. The first-order chi connectivity index (χ1) is 8.75. The van der Waals surface area contributed by atoms with Crippen LogP contribution in [0.15, 0.2) is 35.7 Å². The second-order valence-electron chi connectivity index (χ2n) is 4.18. The molecule has 1 N–H and O–H groups in total. The zero-order valence-electron chi connectivity index (χ0n) is 9.60. The minimum absolute atomic E-state index is 0.0221. The standard InChI is InChI=1S/C14H11NO2S/c16-13(12-2-1-7-18-12)10-4-3-9-5-6-15-14(17)11(9)8-10/h1-4,7-8H,5-6H2,(H,15,17). The van der Waals surface area contributed by atoms with Gasteiger partial charge in [-0.2, -0.15) is 0 Å². The van der Waals surface area contributed by atoms with Crippen LogP contribution in [0.25, 0.3) is 0 Å². The third kappa shape index (κ3) is 1.84. The molecule has 1 aromatic heterocycles. The van der Waals surface area contributed by atoms with E-state index >= 15 is 0 Å². The number of thiophene rings is 1. The number of nitrogens with one attached hydrogen (secondary N) is 1. The van der Waals surface area contributed by atoms with Crippen LogP contribution >= 0.6 is 11.3 Å². The van der Waals surface area contributed by atoms with Gasteiger partial charge in [-0.05, 0) is 29.5 Å². The molecule has 1 aliphatic rings. The SMILES string of the molecule is O=C(c1ccc2c(c1)C(=O)NCC2)c1cccs1. The summed E-state index contributed by atoms with van der Waals surface area (Å²) in [6.07, 6.45) is 0.828. The molecule has 0 fully saturated rings. The smallest absolute Gasteiger partial charge is 0.251 e. The Labute approximate surface area is 108 Å². The fourth-order valence-electron chi connectivity index (χ4n) is 2.10. The predicted octanol–water partition coefficient (Wildman–Crippen LogP) is 2.27. The Kier molecular flexibility index (Phi) is 2.72. The van der Waals surface area contributed by atoms with E-state index in [4.69, 9.17) is 0 Å². The first-order valence-electron chi connectivity index (χ1n) is 5.75. The molecule has 3 nitrogen and oxygen atoms in total. The average molecular weight is 257 g/mol. The van der Waals surface area contributed by atoms with E-state index in [9.17, 15) is 9.59 Å². The van der Waals surface area contributed by atoms with E-state index in [2.05, 4.69) is 5.32 Å². The Hall–Kier alpha value is -1.94. The van der Waals surface area contributed by atoms with Crippen LogP contribution in [0.2, 0.25) is 0 Å². The highest BCUT2D eigenvalue weighted by Crippen LogP contribution is 2.20. The average Bonchev–Trinajstić information content (AvgIpc) is 2.92. The molecule has 0 radical (unpaired) electrons. The highest BCUT2D eigenvalue weighted by Gasteiger charge is 2.19. The number of amides is 1. The lowest BCUT2D eigenvalue weighted by atomic mass is 9.96. The van der Waals surface area contributed by atoms with Crippen molar-refractivity contribution < 1.29 is 9.59 Å². The van der Waals surface area contributed by atoms with Gasteiger partial charge in [0.05, 0.1) is 4.88 Å². The monoisotopic (exact) mass is 257 g/mol. The molecule has 1 amide bonds. The van der Waals surface area contributed by atoms with E-state index in [1.54, 1.807) is 18.2 Å². The Morgan fingerprint density at radius 3 is 2.94 bits per heavy atom. The van der Waals surface area contributed by atoms with Gasteiger partial charge in [-0.3, -0.25) is 9.59 Å². The molecule has 2 aromatic rings. The number of carbonyl (C=O) groups excluding carboxylic acids is 2. The number of rotatable bonds is 2. The van der Waals surface area contributed by atoms with Gasteiger partial charge in [0.1, 0.15) is 0 Å². The number of benzene rings is 1. The van der Waals surface area contributed by atoms with E-state index in [-0.39, 0.29) is 11.7 Å². The molecule has 0 spiro atoms. The predicted molar refractivity (Wildman–Crippen MR) is 70.2 cm³/mol. The maximum absolute atomic E-state index is 12.2.